The molecule has 0 aliphatic carbocycles. The van der Waals surface area contributed by atoms with Crippen molar-refractivity contribution in [2.24, 2.45) is 0 Å². The lowest BCUT2D eigenvalue weighted by molar-refractivity contribution is 0.0518. The number of carbonyl (C=O) groups is 1. The summed E-state index contributed by atoms with van der Waals surface area (Å²) in [5, 5.41) is 6.54. The molecule has 1 heterocycles. The third-order valence-corrected chi connectivity index (χ3v) is 2.47. The van der Waals surface area contributed by atoms with Crippen LogP contribution in [0.25, 0.3) is 0 Å². The van der Waals surface area contributed by atoms with Crippen molar-refractivity contribution in [3.63, 3.8) is 0 Å². The molecule has 1 aromatic rings. The molecule has 0 amide bonds. The van der Waals surface area contributed by atoms with E-state index in [9.17, 15) is 4.79 Å². The maximum Gasteiger partial charge on any atom is 0.359 e. The standard InChI is InChI=1S/C7H9IN2O2/c1-3-12-7(11)5-4(2)6(8)10-9-5/h3H2,1-2H3,(H,9,10). The molecule has 5 heteroatoms. The SMILES string of the molecule is CCOC(=O)c1n[nH]c(I)c1C. The van der Waals surface area contributed by atoms with Crippen molar-refractivity contribution in [1.29, 1.82) is 0 Å². The first-order valence-corrected chi connectivity index (χ1v) is 4.62. The van der Waals surface area contributed by atoms with Gasteiger partial charge in [0, 0.05) is 5.56 Å². The van der Waals surface area contributed by atoms with Gasteiger partial charge in [-0.05, 0) is 36.4 Å². The molecule has 0 saturated carbocycles. The first-order chi connectivity index (χ1) is 5.66. The van der Waals surface area contributed by atoms with E-state index in [2.05, 4.69) is 32.8 Å². The average molecular weight is 280 g/mol. The molecule has 1 rings (SSSR count). The minimum Gasteiger partial charge on any atom is -0.461 e. The molecule has 0 aliphatic heterocycles. The molecule has 0 saturated heterocycles. The Labute approximate surface area is 83.8 Å². The van der Waals surface area contributed by atoms with Gasteiger partial charge in [-0.2, -0.15) is 5.10 Å². The Morgan fingerprint density at radius 2 is 2.42 bits per heavy atom. The van der Waals surface area contributed by atoms with Crippen LogP contribution in [0.3, 0.4) is 0 Å². The molecule has 12 heavy (non-hydrogen) atoms. The normalized spacial score (nSPS) is 9.92. The van der Waals surface area contributed by atoms with Crippen LogP contribution in [0.4, 0.5) is 0 Å². The van der Waals surface area contributed by atoms with Crippen molar-refractivity contribution in [2.75, 3.05) is 6.61 Å². The third kappa shape index (κ3) is 1.77. The second kappa shape index (κ2) is 3.88. The molecule has 1 N–H and O–H groups in total. The Kier molecular flexibility index (Phi) is 3.07. The van der Waals surface area contributed by atoms with Gasteiger partial charge < -0.3 is 4.74 Å². The number of rotatable bonds is 2. The number of ether oxygens (including phenoxy) is 1. The van der Waals surface area contributed by atoms with Crippen LogP contribution in [0.2, 0.25) is 0 Å². The highest BCUT2D eigenvalue weighted by Gasteiger charge is 2.15. The quantitative estimate of drug-likeness (QED) is 0.659. The lowest BCUT2D eigenvalue weighted by Gasteiger charge is -1.97. The van der Waals surface area contributed by atoms with Gasteiger partial charge in [0.2, 0.25) is 0 Å². The number of hydrogen-bond acceptors (Lipinski definition) is 3. The molecule has 0 aliphatic rings. The average Bonchev–Trinajstić information content (AvgIpc) is 2.34. The molecule has 0 bridgehead atoms. The van der Waals surface area contributed by atoms with E-state index in [-0.39, 0.29) is 5.97 Å². The largest absolute Gasteiger partial charge is 0.461 e. The van der Waals surface area contributed by atoms with E-state index in [1.165, 1.54) is 0 Å². The van der Waals surface area contributed by atoms with E-state index < -0.39 is 0 Å². The fraction of sp³-hybridized carbons (Fsp3) is 0.429. The van der Waals surface area contributed by atoms with Crippen LogP contribution in [0.1, 0.15) is 23.0 Å². The van der Waals surface area contributed by atoms with Crippen LogP contribution in [0, 0.1) is 10.6 Å². The molecule has 4 nitrogen and oxygen atoms in total. The molecule has 0 atom stereocenters. The second-order valence-electron chi connectivity index (χ2n) is 2.23. The molecule has 1 aromatic heterocycles. The Hall–Kier alpha value is -0.590. The van der Waals surface area contributed by atoms with Crippen LogP contribution in [-0.4, -0.2) is 22.8 Å². The van der Waals surface area contributed by atoms with Gasteiger partial charge >= 0.3 is 5.97 Å². The third-order valence-electron chi connectivity index (χ3n) is 1.42. The maximum atomic E-state index is 11.2. The van der Waals surface area contributed by atoms with Gasteiger partial charge in [-0.25, -0.2) is 4.79 Å². The number of H-pyrrole nitrogens is 1. The zero-order valence-electron chi connectivity index (χ0n) is 6.85. The van der Waals surface area contributed by atoms with E-state index in [0.29, 0.717) is 12.3 Å². The van der Waals surface area contributed by atoms with Crippen LogP contribution >= 0.6 is 22.6 Å². The monoisotopic (exact) mass is 280 g/mol. The molecule has 0 radical (unpaired) electrons. The fourth-order valence-electron chi connectivity index (χ4n) is 0.775. The Balaban J connectivity index is 2.88. The highest BCUT2D eigenvalue weighted by Crippen LogP contribution is 2.12. The predicted molar refractivity (Wildman–Crippen MR) is 52.0 cm³/mol. The summed E-state index contributed by atoms with van der Waals surface area (Å²) in [5.74, 6) is -0.367. The van der Waals surface area contributed by atoms with Gasteiger partial charge in [0.25, 0.3) is 0 Å². The predicted octanol–water partition coefficient (Wildman–Crippen LogP) is 1.50. The van der Waals surface area contributed by atoms with E-state index >= 15 is 0 Å². The van der Waals surface area contributed by atoms with Crippen LogP contribution < -0.4 is 0 Å². The van der Waals surface area contributed by atoms with Crippen LogP contribution in [0.5, 0.6) is 0 Å². The molecule has 0 aromatic carbocycles. The molecule has 0 fully saturated rings. The fourth-order valence-corrected chi connectivity index (χ4v) is 1.15. The number of nitrogens with one attached hydrogen (secondary N) is 1. The summed E-state index contributed by atoms with van der Waals surface area (Å²) in [6.45, 7) is 3.98. The zero-order chi connectivity index (χ0) is 9.14. The number of esters is 1. The van der Waals surface area contributed by atoms with E-state index in [0.717, 1.165) is 9.26 Å². The summed E-state index contributed by atoms with van der Waals surface area (Å²) in [6.07, 6.45) is 0. The first kappa shape index (κ1) is 9.50. The minimum atomic E-state index is -0.367. The number of halogens is 1. The van der Waals surface area contributed by atoms with Crippen molar-refractivity contribution in [2.45, 2.75) is 13.8 Å². The van der Waals surface area contributed by atoms with E-state index in [1.54, 1.807) is 6.92 Å². The Morgan fingerprint density at radius 1 is 1.75 bits per heavy atom. The summed E-state index contributed by atoms with van der Waals surface area (Å²) in [5.41, 5.74) is 1.22. The highest BCUT2D eigenvalue weighted by molar-refractivity contribution is 14.1. The van der Waals surface area contributed by atoms with E-state index in [4.69, 9.17) is 4.74 Å². The van der Waals surface area contributed by atoms with Crippen molar-refractivity contribution < 1.29 is 9.53 Å². The highest BCUT2D eigenvalue weighted by atomic mass is 127. The number of carbonyl (C=O) groups excluding carboxylic acids is 1. The number of aromatic amines is 1. The molecule has 66 valence electrons. The number of aromatic nitrogens is 2. The van der Waals surface area contributed by atoms with Crippen molar-refractivity contribution in [1.82, 2.24) is 10.2 Å². The van der Waals surface area contributed by atoms with Crippen LogP contribution in [-0.2, 0) is 4.74 Å². The lowest BCUT2D eigenvalue weighted by Crippen LogP contribution is -2.06. The summed E-state index contributed by atoms with van der Waals surface area (Å²) in [6, 6.07) is 0. The molecular weight excluding hydrogens is 271 g/mol. The van der Waals surface area contributed by atoms with Gasteiger partial charge in [-0.3, -0.25) is 5.10 Å². The van der Waals surface area contributed by atoms with Crippen molar-refractivity contribution >= 4 is 28.6 Å². The second-order valence-corrected chi connectivity index (χ2v) is 3.31. The Morgan fingerprint density at radius 3 is 2.83 bits per heavy atom. The van der Waals surface area contributed by atoms with Gasteiger partial charge in [0.15, 0.2) is 5.69 Å². The molecular formula is C7H9IN2O2. The van der Waals surface area contributed by atoms with E-state index in [1.807, 2.05) is 6.92 Å². The molecule has 0 unspecified atom stereocenters. The summed E-state index contributed by atoms with van der Waals surface area (Å²) < 4.78 is 5.67. The minimum absolute atomic E-state index is 0.367. The van der Waals surface area contributed by atoms with Gasteiger partial charge in [0.1, 0.15) is 0 Å². The summed E-state index contributed by atoms with van der Waals surface area (Å²) in [7, 11) is 0. The summed E-state index contributed by atoms with van der Waals surface area (Å²) >= 11 is 2.08. The Bertz CT molecular complexity index is 296. The number of hydrogen-bond donors (Lipinski definition) is 1. The van der Waals surface area contributed by atoms with Crippen molar-refractivity contribution in [3.8, 4) is 0 Å². The smallest absolute Gasteiger partial charge is 0.359 e. The zero-order valence-corrected chi connectivity index (χ0v) is 9.01. The molecule has 0 spiro atoms. The van der Waals surface area contributed by atoms with Gasteiger partial charge in [-0.15, -0.1) is 0 Å². The van der Waals surface area contributed by atoms with Gasteiger partial charge in [0.05, 0.1) is 10.3 Å². The lowest BCUT2D eigenvalue weighted by atomic mass is 10.3. The van der Waals surface area contributed by atoms with Crippen LogP contribution in [0.15, 0.2) is 0 Å². The first-order valence-electron chi connectivity index (χ1n) is 3.54. The van der Waals surface area contributed by atoms with Gasteiger partial charge in [-0.1, -0.05) is 0 Å². The van der Waals surface area contributed by atoms with Crippen molar-refractivity contribution in [3.05, 3.63) is 15.0 Å². The maximum absolute atomic E-state index is 11.2. The number of nitrogens with zero attached hydrogens (tertiary/aromatic N) is 1. The summed E-state index contributed by atoms with van der Waals surface area (Å²) in [4.78, 5) is 11.2. The topological polar surface area (TPSA) is 55.0 Å².